The molecule has 0 spiro atoms. The zero-order chi connectivity index (χ0) is 9.10. The molecule has 0 aromatic rings. The van der Waals surface area contributed by atoms with E-state index in [4.69, 9.17) is 4.84 Å². The third kappa shape index (κ3) is 2.22. The van der Waals surface area contributed by atoms with E-state index in [1.54, 1.807) is 0 Å². The zero-order valence-electron chi connectivity index (χ0n) is 8.46. The van der Waals surface area contributed by atoms with Crippen molar-refractivity contribution in [2.75, 3.05) is 20.2 Å². The molecule has 3 nitrogen and oxygen atoms in total. The van der Waals surface area contributed by atoms with Crippen LogP contribution in [0.25, 0.3) is 0 Å². The van der Waals surface area contributed by atoms with Crippen molar-refractivity contribution < 1.29 is 4.84 Å². The van der Waals surface area contributed by atoms with Crippen LogP contribution in [0.1, 0.15) is 32.1 Å². The van der Waals surface area contributed by atoms with E-state index in [2.05, 4.69) is 17.4 Å². The van der Waals surface area contributed by atoms with E-state index in [1.165, 1.54) is 32.1 Å². The van der Waals surface area contributed by atoms with Crippen molar-refractivity contribution in [1.29, 1.82) is 0 Å². The highest BCUT2D eigenvalue weighted by Crippen LogP contribution is 2.25. The summed E-state index contributed by atoms with van der Waals surface area (Å²) < 4.78 is 0. The van der Waals surface area contributed by atoms with Crippen LogP contribution in [-0.2, 0) is 4.84 Å². The molecular weight excluding hydrogens is 164 g/mol. The van der Waals surface area contributed by atoms with E-state index in [0.29, 0.717) is 6.04 Å². The molecule has 0 radical (unpaired) electrons. The monoisotopic (exact) mass is 184 g/mol. The number of rotatable bonds is 2. The van der Waals surface area contributed by atoms with Crippen LogP contribution in [0.4, 0.5) is 0 Å². The third-order valence-electron chi connectivity index (χ3n) is 3.29. The Balaban J connectivity index is 1.77. The molecule has 1 heterocycles. The minimum absolute atomic E-state index is 0.701. The zero-order valence-corrected chi connectivity index (χ0v) is 8.46. The van der Waals surface area contributed by atoms with Gasteiger partial charge >= 0.3 is 0 Å². The van der Waals surface area contributed by atoms with Crippen LogP contribution in [-0.4, -0.2) is 37.3 Å². The van der Waals surface area contributed by atoms with E-state index in [1.807, 2.05) is 0 Å². The van der Waals surface area contributed by atoms with Crippen molar-refractivity contribution in [2.24, 2.45) is 0 Å². The first kappa shape index (κ1) is 9.44. The Morgan fingerprint density at radius 2 is 2.00 bits per heavy atom. The molecule has 2 rings (SSSR count). The number of hydrogen-bond acceptors (Lipinski definition) is 3. The van der Waals surface area contributed by atoms with Crippen molar-refractivity contribution in [3.05, 3.63) is 0 Å². The first-order valence-corrected chi connectivity index (χ1v) is 5.47. The van der Waals surface area contributed by atoms with E-state index in [-0.39, 0.29) is 0 Å². The predicted molar refractivity (Wildman–Crippen MR) is 52.4 cm³/mol. The molecule has 0 aromatic heterocycles. The minimum Gasteiger partial charge on any atom is -0.317 e. The summed E-state index contributed by atoms with van der Waals surface area (Å²) in [6, 6.07) is 1.45. The van der Waals surface area contributed by atoms with Gasteiger partial charge in [0, 0.05) is 18.6 Å². The average molecular weight is 184 g/mol. The van der Waals surface area contributed by atoms with Gasteiger partial charge in [-0.1, -0.05) is 0 Å². The summed E-state index contributed by atoms with van der Waals surface area (Å²) >= 11 is 0. The van der Waals surface area contributed by atoms with Crippen LogP contribution < -0.4 is 5.32 Å². The second-order valence-corrected chi connectivity index (χ2v) is 4.12. The van der Waals surface area contributed by atoms with Crippen LogP contribution in [0.15, 0.2) is 0 Å². The van der Waals surface area contributed by atoms with Gasteiger partial charge in [-0.25, -0.2) is 0 Å². The molecule has 1 aliphatic heterocycles. The average Bonchev–Trinajstić information content (AvgIpc) is 2.71. The maximum absolute atomic E-state index is 5.57. The molecule has 0 aromatic carbocycles. The van der Waals surface area contributed by atoms with Gasteiger partial charge in [-0.2, -0.15) is 5.06 Å². The van der Waals surface area contributed by atoms with E-state index in [9.17, 15) is 0 Å². The quantitative estimate of drug-likeness (QED) is 0.697. The molecule has 0 unspecified atom stereocenters. The molecule has 13 heavy (non-hydrogen) atoms. The molecule has 1 saturated carbocycles. The van der Waals surface area contributed by atoms with Crippen LogP contribution in [0.2, 0.25) is 0 Å². The molecule has 2 fully saturated rings. The van der Waals surface area contributed by atoms with Crippen LogP contribution in [0, 0.1) is 0 Å². The number of nitrogens with one attached hydrogen (secondary N) is 1. The molecule has 0 atom stereocenters. The molecule has 1 saturated heterocycles. The van der Waals surface area contributed by atoms with Crippen LogP contribution in [0.5, 0.6) is 0 Å². The minimum atomic E-state index is 0.701. The molecule has 0 bridgehead atoms. The van der Waals surface area contributed by atoms with E-state index >= 15 is 0 Å². The fourth-order valence-electron chi connectivity index (χ4n) is 2.41. The Labute approximate surface area is 80.4 Å². The van der Waals surface area contributed by atoms with Crippen molar-refractivity contribution in [3.8, 4) is 0 Å². The van der Waals surface area contributed by atoms with Gasteiger partial charge in [0.2, 0.25) is 0 Å². The molecule has 2 aliphatic rings. The van der Waals surface area contributed by atoms with Crippen LogP contribution in [0.3, 0.4) is 0 Å². The summed E-state index contributed by atoms with van der Waals surface area (Å²) in [5.74, 6) is 0. The van der Waals surface area contributed by atoms with E-state index in [0.717, 1.165) is 19.2 Å². The number of nitrogens with zero attached hydrogens (tertiary/aromatic N) is 1. The standard InChI is InChI=1S/C10H20N2O/c1-11-9-3-5-10(6-4-9)12-7-2-8-13-12/h9-11H,2-8H2,1H3. The summed E-state index contributed by atoms with van der Waals surface area (Å²) in [5, 5.41) is 5.57. The van der Waals surface area contributed by atoms with Gasteiger partial charge in [-0.05, 0) is 39.2 Å². The van der Waals surface area contributed by atoms with E-state index < -0.39 is 0 Å². The van der Waals surface area contributed by atoms with Gasteiger partial charge in [0.1, 0.15) is 0 Å². The topological polar surface area (TPSA) is 24.5 Å². The normalized spacial score (nSPS) is 36.7. The van der Waals surface area contributed by atoms with Crippen molar-refractivity contribution in [2.45, 2.75) is 44.2 Å². The van der Waals surface area contributed by atoms with Gasteiger partial charge in [-0.15, -0.1) is 0 Å². The maximum Gasteiger partial charge on any atom is 0.0698 e. The van der Waals surface area contributed by atoms with Gasteiger partial charge in [0.25, 0.3) is 0 Å². The molecule has 76 valence electrons. The summed E-state index contributed by atoms with van der Waals surface area (Å²) in [4.78, 5) is 5.57. The summed E-state index contributed by atoms with van der Waals surface area (Å²) in [5.41, 5.74) is 0. The second-order valence-electron chi connectivity index (χ2n) is 4.12. The second kappa shape index (κ2) is 4.40. The Kier molecular flexibility index (Phi) is 3.19. The Morgan fingerprint density at radius 3 is 2.54 bits per heavy atom. The highest BCUT2D eigenvalue weighted by molar-refractivity contribution is 4.80. The van der Waals surface area contributed by atoms with Crippen LogP contribution >= 0.6 is 0 Å². The maximum atomic E-state index is 5.57. The predicted octanol–water partition coefficient (Wildman–Crippen LogP) is 1.15. The van der Waals surface area contributed by atoms with Gasteiger partial charge in [-0.3, -0.25) is 4.84 Å². The van der Waals surface area contributed by atoms with Gasteiger partial charge in [0.15, 0.2) is 0 Å². The first-order valence-electron chi connectivity index (χ1n) is 5.47. The lowest BCUT2D eigenvalue weighted by molar-refractivity contribution is -0.148. The molecular formula is C10H20N2O. The lowest BCUT2D eigenvalue weighted by atomic mass is 9.91. The number of hydroxylamine groups is 2. The van der Waals surface area contributed by atoms with Gasteiger partial charge in [0.05, 0.1) is 6.61 Å². The number of hydrogen-bond donors (Lipinski definition) is 1. The Morgan fingerprint density at radius 1 is 1.23 bits per heavy atom. The van der Waals surface area contributed by atoms with Crippen molar-refractivity contribution in [3.63, 3.8) is 0 Å². The SMILES string of the molecule is CNC1CCC(N2CCCO2)CC1. The lowest BCUT2D eigenvalue weighted by Gasteiger charge is -2.33. The highest BCUT2D eigenvalue weighted by atomic mass is 16.7. The van der Waals surface area contributed by atoms with Crippen molar-refractivity contribution >= 4 is 0 Å². The first-order chi connectivity index (χ1) is 6.40. The summed E-state index contributed by atoms with van der Waals surface area (Å²) in [7, 11) is 2.07. The Hall–Kier alpha value is -0.120. The molecule has 3 heteroatoms. The fraction of sp³-hybridized carbons (Fsp3) is 1.00. The third-order valence-corrected chi connectivity index (χ3v) is 3.29. The Bertz CT molecular complexity index is 149. The van der Waals surface area contributed by atoms with Gasteiger partial charge < -0.3 is 5.32 Å². The molecule has 1 aliphatic carbocycles. The molecule has 1 N–H and O–H groups in total. The summed E-state index contributed by atoms with van der Waals surface area (Å²) in [6.07, 6.45) is 6.42. The lowest BCUT2D eigenvalue weighted by Crippen LogP contribution is -2.39. The fourth-order valence-corrected chi connectivity index (χ4v) is 2.41. The largest absolute Gasteiger partial charge is 0.317 e. The molecule has 0 amide bonds. The smallest absolute Gasteiger partial charge is 0.0698 e. The van der Waals surface area contributed by atoms with Crippen molar-refractivity contribution in [1.82, 2.24) is 10.4 Å². The highest BCUT2D eigenvalue weighted by Gasteiger charge is 2.27. The summed E-state index contributed by atoms with van der Waals surface area (Å²) in [6.45, 7) is 2.08.